The Morgan fingerprint density at radius 2 is 1.03 bits per heavy atom. The Bertz CT molecular complexity index is 1050. The van der Waals surface area contributed by atoms with Crippen molar-refractivity contribution in [1.29, 1.82) is 0 Å². The third-order valence-electron chi connectivity index (χ3n) is 4.53. The molecule has 0 atom stereocenters. The molecule has 2 amide bonds. The number of amides is 2. The molecule has 0 aliphatic carbocycles. The fourth-order valence-corrected chi connectivity index (χ4v) is 3.07. The van der Waals surface area contributed by atoms with Crippen LogP contribution in [0.1, 0.15) is 20.7 Å². The number of aromatic nitrogens is 1. The van der Waals surface area contributed by atoms with E-state index in [2.05, 4.69) is 15.6 Å². The minimum atomic E-state index is -0.439. The zero-order valence-corrected chi connectivity index (χ0v) is 18.1. The molecule has 0 radical (unpaired) electrons. The van der Waals surface area contributed by atoms with Gasteiger partial charge in [0, 0.05) is 0 Å². The normalized spacial score (nSPS) is 10.1. The zero-order chi connectivity index (χ0) is 23.1. The van der Waals surface area contributed by atoms with E-state index in [4.69, 9.17) is 18.9 Å². The molecule has 0 spiro atoms. The number of methoxy groups -OCH3 is 4. The van der Waals surface area contributed by atoms with Gasteiger partial charge in [-0.05, 0) is 36.4 Å². The summed E-state index contributed by atoms with van der Waals surface area (Å²) in [4.78, 5) is 29.8. The molecule has 2 N–H and O–H groups in total. The number of rotatable bonds is 8. The van der Waals surface area contributed by atoms with Gasteiger partial charge in [-0.2, -0.15) is 0 Å². The molecular formula is C23H23N3O6. The molecule has 0 unspecified atom stereocenters. The van der Waals surface area contributed by atoms with Crippen molar-refractivity contribution in [1.82, 2.24) is 4.98 Å². The van der Waals surface area contributed by atoms with Crippen molar-refractivity contribution in [3.63, 3.8) is 0 Å². The SMILES string of the molecule is COc1cccc(C(=O)Nc2cccc(NC(=O)c3cccc(OC)c3OC)n2)c1OC. The van der Waals surface area contributed by atoms with Gasteiger partial charge >= 0.3 is 0 Å². The second kappa shape index (κ2) is 10.2. The van der Waals surface area contributed by atoms with E-state index < -0.39 is 11.8 Å². The summed E-state index contributed by atoms with van der Waals surface area (Å²) in [6.07, 6.45) is 0. The summed E-state index contributed by atoms with van der Waals surface area (Å²) in [6, 6.07) is 14.8. The molecule has 0 fully saturated rings. The predicted octanol–water partition coefficient (Wildman–Crippen LogP) is 3.62. The molecule has 9 heteroatoms. The Morgan fingerprint density at radius 1 is 0.625 bits per heavy atom. The Morgan fingerprint density at radius 3 is 1.41 bits per heavy atom. The van der Waals surface area contributed by atoms with Gasteiger partial charge < -0.3 is 29.6 Å². The minimum Gasteiger partial charge on any atom is -0.493 e. The first-order valence-electron chi connectivity index (χ1n) is 9.54. The van der Waals surface area contributed by atoms with Gasteiger partial charge in [-0.25, -0.2) is 4.98 Å². The van der Waals surface area contributed by atoms with Gasteiger partial charge in [0.1, 0.15) is 11.6 Å². The molecule has 0 saturated heterocycles. The number of ether oxygens (including phenoxy) is 4. The maximum atomic E-state index is 12.8. The quantitative estimate of drug-likeness (QED) is 0.554. The third kappa shape index (κ3) is 4.72. The summed E-state index contributed by atoms with van der Waals surface area (Å²) in [5, 5.41) is 5.39. The van der Waals surface area contributed by atoms with Crippen molar-refractivity contribution < 1.29 is 28.5 Å². The fraction of sp³-hybridized carbons (Fsp3) is 0.174. The molecule has 3 aromatic rings. The summed E-state index contributed by atoms with van der Waals surface area (Å²) in [7, 11) is 5.89. The standard InChI is InChI=1S/C23H23N3O6/c1-29-16-10-5-8-14(20(16)31-3)22(27)25-18-12-7-13-19(24-18)26-23(28)15-9-6-11-17(30-2)21(15)32-4/h5-13H,1-4H3,(H2,24,25,26,27,28). The lowest BCUT2D eigenvalue weighted by Crippen LogP contribution is -2.17. The van der Waals surface area contributed by atoms with Crippen LogP contribution in [-0.4, -0.2) is 45.2 Å². The lowest BCUT2D eigenvalue weighted by atomic mass is 10.1. The Balaban J connectivity index is 1.80. The van der Waals surface area contributed by atoms with Gasteiger partial charge in [0.2, 0.25) is 0 Å². The van der Waals surface area contributed by atoms with Crippen molar-refractivity contribution in [3.05, 3.63) is 65.7 Å². The predicted molar refractivity (Wildman–Crippen MR) is 119 cm³/mol. The van der Waals surface area contributed by atoms with E-state index in [-0.39, 0.29) is 22.8 Å². The average Bonchev–Trinajstić information content (AvgIpc) is 2.82. The maximum absolute atomic E-state index is 12.8. The molecule has 0 aliphatic heterocycles. The molecule has 0 aliphatic rings. The number of benzene rings is 2. The van der Waals surface area contributed by atoms with Gasteiger partial charge in [0.05, 0.1) is 39.6 Å². The number of pyridine rings is 1. The molecule has 2 aromatic carbocycles. The molecule has 0 saturated carbocycles. The highest BCUT2D eigenvalue weighted by atomic mass is 16.5. The van der Waals surface area contributed by atoms with E-state index in [9.17, 15) is 9.59 Å². The molecule has 3 rings (SSSR count). The van der Waals surface area contributed by atoms with E-state index in [1.807, 2.05) is 0 Å². The van der Waals surface area contributed by atoms with Crippen LogP contribution in [0, 0.1) is 0 Å². The second-order valence-electron chi connectivity index (χ2n) is 6.40. The van der Waals surface area contributed by atoms with Gasteiger partial charge in [-0.1, -0.05) is 18.2 Å². The molecule has 9 nitrogen and oxygen atoms in total. The van der Waals surface area contributed by atoms with E-state index in [1.165, 1.54) is 28.4 Å². The first-order chi connectivity index (χ1) is 15.5. The molecule has 0 bridgehead atoms. The molecular weight excluding hydrogens is 414 g/mol. The number of nitrogens with zero attached hydrogens (tertiary/aromatic N) is 1. The Hall–Kier alpha value is -4.27. The highest BCUT2D eigenvalue weighted by molar-refractivity contribution is 6.07. The zero-order valence-electron chi connectivity index (χ0n) is 18.1. The van der Waals surface area contributed by atoms with Crippen molar-refractivity contribution in [2.45, 2.75) is 0 Å². The molecule has 32 heavy (non-hydrogen) atoms. The average molecular weight is 437 g/mol. The fourth-order valence-electron chi connectivity index (χ4n) is 3.07. The molecule has 1 aromatic heterocycles. The largest absolute Gasteiger partial charge is 0.493 e. The highest BCUT2D eigenvalue weighted by Crippen LogP contribution is 2.32. The lowest BCUT2D eigenvalue weighted by molar-refractivity contribution is 0.101. The number of para-hydroxylation sites is 2. The topological polar surface area (TPSA) is 108 Å². The van der Waals surface area contributed by atoms with Crippen molar-refractivity contribution in [3.8, 4) is 23.0 Å². The van der Waals surface area contributed by atoms with Crippen LogP contribution in [0.2, 0.25) is 0 Å². The lowest BCUT2D eigenvalue weighted by Gasteiger charge is -2.13. The maximum Gasteiger partial charge on any atom is 0.260 e. The number of anilines is 2. The van der Waals surface area contributed by atoms with Gasteiger partial charge in [-0.3, -0.25) is 9.59 Å². The van der Waals surface area contributed by atoms with Crippen LogP contribution >= 0.6 is 0 Å². The van der Waals surface area contributed by atoms with E-state index >= 15 is 0 Å². The Kier molecular flexibility index (Phi) is 7.12. The molecule has 1 heterocycles. The Labute approximate surface area is 185 Å². The van der Waals surface area contributed by atoms with Crippen LogP contribution in [0.4, 0.5) is 11.6 Å². The number of nitrogens with one attached hydrogen (secondary N) is 2. The van der Waals surface area contributed by atoms with Crippen LogP contribution in [0.3, 0.4) is 0 Å². The third-order valence-corrected chi connectivity index (χ3v) is 4.53. The van der Waals surface area contributed by atoms with Crippen LogP contribution < -0.4 is 29.6 Å². The van der Waals surface area contributed by atoms with Crippen LogP contribution in [-0.2, 0) is 0 Å². The smallest absolute Gasteiger partial charge is 0.260 e. The minimum absolute atomic E-state index is 0.246. The summed E-state index contributed by atoms with van der Waals surface area (Å²) in [5.41, 5.74) is 0.563. The number of carbonyl (C=O) groups is 2. The van der Waals surface area contributed by atoms with E-state index in [1.54, 1.807) is 54.6 Å². The van der Waals surface area contributed by atoms with Gasteiger partial charge in [0.15, 0.2) is 23.0 Å². The monoisotopic (exact) mass is 437 g/mol. The van der Waals surface area contributed by atoms with Crippen molar-refractivity contribution in [2.75, 3.05) is 39.1 Å². The molecule has 166 valence electrons. The van der Waals surface area contributed by atoms with Crippen molar-refractivity contribution >= 4 is 23.5 Å². The number of hydrogen-bond donors (Lipinski definition) is 2. The van der Waals surface area contributed by atoms with Gasteiger partial charge in [0.25, 0.3) is 11.8 Å². The highest BCUT2D eigenvalue weighted by Gasteiger charge is 2.19. The van der Waals surface area contributed by atoms with Crippen molar-refractivity contribution in [2.24, 2.45) is 0 Å². The first-order valence-corrected chi connectivity index (χ1v) is 9.54. The summed E-state index contributed by atoms with van der Waals surface area (Å²) in [5.74, 6) is 1.09. The van der Waals surface area contributed by atoms with Crippen LogP contribution in [0.15, 0.2) is 54.6 Å². The van der Waals surface area contributed by atoms with E-state index in [0.717, 1.165) is 0 Å². The summed E-state index contributed by atoms with van der Waals surface area (Å²) < 4.78 is 21.1. The first kappa shape index (κ1) is 22.4. The second-order valence-corrected chi connectivity index (χ2v) is 6.40. The summed E-state index contributed by atoms with van der Waals surface area (Å²) >= 11 is 0. The number of hydrogen-bond acceptors (Lipinski definition) is 7. The summed E-state index contributed by atoms with van der Waals surface area (Å²) in [6.45, 7) is 0. The van der Waals surface area contributed by atoms with Gasteiger partial charge in [-0.15, -0.1) is 0 Å². The van der Waals surface area contributed by atoms with E-state index in [0.29, 0.717) is 23.0 Å². The van der Waals surface area contributed by atoms with Crippen LogP contribution in [0.25, 0.3) is 0 Å². The number of carbonyl (C=O) groups excluding carboxylic acids is 2. The van der Waals surface area contributed by atoms with Crippen LogP contribution in [0.5, 0.6) is 23.0 Å².